The Morgan fingerprint density at radius 3 is 2.63 bits per heavy atom. The number of pyridine rings is 1. The summed E-state index contributed by atoms with van der Waals surface area (Å²) in [5.41, 5.74) is 3.38. The number of amides is 1. The highest BCUT2D eigenvalue weighted by atomic mass is 16.5. The maximum atomic E-state index is 13.2. The van der Waals surface area contributed by atoms with Crippen LogP contribution >= 0.6 is 0 Å². The molecule has 0 spiro atoms. The zero-order valence-electron chi connectivity index (χ0n) is 15.5. The Morgan fingerprint density at radius 1 is 1.11 bits per heavy atom. The first-order valence-electron chi connectivity index (χ1n) is 9.28. The first-order chi connectivity index (χ1) is 13.2. The minimum absolute atomic E-state index is 0.0502. The number of imidazole rings is 1. The maximum Gasteiger partial charge on any atom is 0.274 e. The largest absolute Gasteiger partial charge is 0.379 e. The molecule has 2 aromatic heterocycles. The van der Waals surface area contributed by atoms with Gasteiger partial charge in [0.2, 0.25) is 0 Å². The Labute approximate surface area is 159 Å². The van der Waals surface area contributed by atoms with Crippen LogP contribution in [0.1, 0.15) is 21.7 Å². The van der Waals surface area contributed by atoms with E-state index >= 15 is 0 Å². The van der Waals surface area contributed by atoms with Crippen LogP contribution in [0.3, 0.4) is 0 Å². The molecule has 0 radical (unpaired) electrons. The average Bonchev–Trinajstić information content (AvgIpc) is 3.07. The van der Waals surface area contributed by atoms with Gasteiger partial charge in [0.05, 0.1) is 18.9 Å². The molecule has 140 valence electrons. The second-order valence-corrected chi connectivity index (χ2v) is 6.87. The van der Waals surface area contributed by atoms with Crippen LogP contribution in [0.4, 0.5) is 0 Å². The number of ether oxygens (including phenoxy) is 1. The van der Waals surface area contributed by atoms with Gasteiger partial charge < -0.3 is 14.0 Å². The Bertz CT molecular complexity index is 916. The van der Waals surface area contributed by atoms with Gasteiger partial charge in [0.1, 0.15) is 5.65 Å². The molecule has 27 heavy (non-hydrogen) atoms. The van der Waals surface area contributed by atoms with Crippen LogP contribution in [0, 0.1) is 0 Å². The third kappa shape index (κ3) is 3.86. The quantitative estimate of drug-likeness (QED) is 0.698. The summed E-state index contributed by atoms with van der Waals surface area (Å²) in [4.78, 5) is 21.9. The van der Waals surface area contributed by atoms with E-state index in [0.29, 0.717) is 18.8 Å². The molecule has 1 fully saturated rings. The molecule has 1 amide bonds. The van der Waals surface area contributed by atoms with Crippen LogP contribution in [-0.2, 0) is 17.8 Å². The molecule has 6 nitrogen and oxygen atoms in total. The molecular weight excluding hydrogens is 340 g/mol. The van der Waals surface area contributed by atoms with Crippen molar-refractivity contribution in [1.82, 2.24) is 19.2 Å². The highest BCUT2D eigenvalue weighted by Crippen LogP contribution is 2.18. The maximum absolute atomic E-state index is 13.2. The number of nitrogens with zero attached hydrogens (tertiary/aromatic N) is 4. The van der Waals surface area contributed by atoms with Crippen molar-refractivity contribution in [2.24, 2.45) is 0 Å². The average molecular weight is 364 g/mol. The molecule has 0 N–H and O–H groups in total. The van der Waals surface area contributed by atoms with Crippen LogP contribution < -0.4 is 0 Å². The number of hydrogen-bond donors (Lipinski definition) is 0. The summed E-state index contributed by atoms with van der Waals surface area (Å²) in [6.07, 6.45) is 1.98. The number of carbonyl (C=O) groups is 1. The summed E-state index contributed by atoms with van der Waals surface area (Å²) in [5.74, 6) is -0.0502. The van der Waals surface area contributed by atoms with Crippen molar-refractivity contribution in [1.29, 1.82) is 0 Å². The summed E-state index contributed by atoms with van der Waals surface area (Å²) < 4.78 is 7.48. The molecule has 0 saturated carbocycles. The molecule has 1 aliphatic heterocycles. The normalized spacial score (nSPS) is 15.1. The fourth-order valence-electron chi connectivity index (χ4n) is 3.45. The molecule has 1 aromatic carbocycles. The smallest absolute Gasteiger partial charge is 0.274 e. The molecule has 1 saturated heterocycles. The number of benzene rings is 1. The standard InChI is InChI=1S/C21H24N4O2/c1-23(15-17-7-3-2-4-8-17)21(26)20-18(16-24-11-13-27-14-12-24)25-10-6-5-9-19(25)22-20/h2-10H,11-16H2,1H3. The summed E-state index contributed by atoms with van der Waals surface area (Å²) in [7, 11) is 1.83. The van der Waals surface area contributed by atoms with Gasteiger partial charge in [-0.25, -0.2) is 4.98 Å². The topological polar surface area (TPSA) is 50.1 Å². The van der Waals surface area contributed by atoms with Crippen molar-refractivity contribution >= 4 is 11.6 Å². The van der Waals surface area contributed by atoms with Crippen molar-refractivity contribution < 1.29 is 9.53 Å². The number of morpholine rings is 1. The number of aromatic nitrogens is 2. The van der Waals surface area contributed by atoms with Crippen molar-refractivity contribution in [3.8, 4) is 0 Å². The van der Waals surface area contributed by atoms with Gasteiger partial charge in [-0.1, -0.05) is 36.4 Å². The lowest BCUT2D eigenvalue weighted by molar-refractivity contribution is 0.0333. The molecule has 1 aliphatic rings. The zero-order chi connectivity index (χ0) is 18.6. The highest BCUT2D eigenvalue weighted by molar-refractivity contribution is 5.94. The number of carbonyl (C=O) groups excluding carboxylic acids is 1. The Kier molecular flexibility index (Phi) is 5.18. The number of hydrogen-bond acceptors (Lipinski definition) is 4. The van der Waals surface area contributed by atoms with Crippen LogP contribution in [-0.4, -0.2) is 58.4 Å². The predicted octanol–water partition coefficient (Wildman–Crippen LogP) is 2.44. The third-order valence-electron chi connectivity index (χ3n) is 4.92. The fourth-order valence-corrected chi connectivity index (χ4v) is 3.45. The van der Waals surface area contributed by atoms with Crippen molar-refractivity contribution in [2.75, 3.05) is 33.4 Å². The van der Waals surface area contributed by atoms with Gasteiger partial charge in [-0.3, -0.25) is 9.69 Å². The minimum atomic E-state index is -0.0502. The lowest BCUT2D eigenvalue weighted by Gasteiger charge is -2.27. The molecule has 0 aliphatic carbocycles. The molecular formula is C21H24N4O2. The van der Waals surface area contributed by atoms with E-state index in [2.05, 4.69) is 9.88 Å². The van der Waals surface area contributed by atoms with Crippen LogP contribution in [0.2, 0.25) is 0 Å². The van der Waals surface area contributed by atoms with Crippen molar-refractivity contribution in [3.05, 3.63) is 71.7 Å². The third-order valence-corrected chi connectivity index (χ3v) is 4.92. The lowest BCUT2D eigenvalue weighted by atomic mass is 10.2. The van der Waals surface area contributed by atoms with Gasteiger partial charge in [-0.2, -0.15) is 0 Å². The molecule has 6 heteroatoms. The SMILES string of the molecule is CN(Cc1ccccc1)C(=O)c1nc2ccccn2c1CN1CCOCC1. The van der Waals surface area contributed by atoms with E-state index in [4.69, 9.17) is 4.74 Å². The van der Waals surface area contributed by atoms with Crippen LogP contribution in [0.15, 0.2) is 54.7 Å². The minimum Gasteiger partial charge on any atom is -0.379 e. The van der Waals surface area contributed by atoms with Gasteiger partial charge in [-0.05, 0) is 17.7 Å². The van der Waals surface area contributed by atoms with Crippen LogP contribution in [0.25, 0.3) is 5.65 Å². The summed E-state index contributed by atoms with van der Waals surface area (Å²) in [6.45, 7) is 4.45. The monoisotopic (exact) mass is 364 g/mol. The summed E-state index contributed by atoms with van der Waals surface area (Å²) in [6, 6.07) is 15.9. The lowest BCUT2D eigenvalue weighted by Crippen LogP contribution is -2.37. The van der Waals surface area contributed by atoms with Gasteiger partial charge in [0, 0.05) is 39.4 Å². The van der Waals surface area contributed by atoms with E-state index in [1.165, 1.54) is 0 Å². The predicted molar refractivity (Wildman–Crippen MR) is 104 cm³/mol. The van der Waals surface area contributed by atoms with Crippen molar-refractivity contribution in [3.63, 3.8) is 0 Å². The van der Waals surface area contributed by atoms with E-state index in [9.17, 15) is 4.79 Å². The van der Waals surface area contributed by atoms with Gasteiger partial charge in [-0.15, -0.1) is 0 Å². The van der Waals surface area contributed by atoms with E-state index in [1.807, 2.05) is 66.2 Å². The fraction of sp³-hybridized carbons (Fsp3) is 0.333. The second-order valence-electron chi connectivity index (χ2n) is 6.87. The van der Waals surface area contributed by atoms with E-state index < -0.39 is 0 Å². The van der Waals surface area contributed by atoms with E-state index in [-0.39, 0.29) is 5.91 Å². The number of rotatable bonds is 5. The van der Waals surface area contributed by atoms with Gasteiger partial charge >= 0.3 is 0 Å². The van der Waals surface area contributed by atoms with Crippen LogP contribution in [0.5, 0.6) is 0 Å². The van der Waals surface area contributed by atoms with Crippen molar-refractivity contribution in [2.45, 2.75) is 13.1 Å². The summed E-state index contributed by atoms with van der Waals surface area (Å²) in [5, 5.41) is 0. The first kappa shape index (κ1) is 17.7. The zero-order valence-corrected chi connectivity index (χ0v) is 15.5. The Morgan fingerprint density at radius 2 is 1.85 bits per heavy atom. The molecule has 0 bridgehead atoms. The molecule has 4 rings (SSSR count). The molecule has 0 unspecified atom stereocenters. The second kappa shape index (κ2) is 7.90. The molecule has 3 heterocycles. The van der Waals surface area contributed by atoms with E-state index in [1.54, 1.807) is 4.90 Å². The van der Waals surface area contributed by atoms with E-state index in [0.717, 1.165) is 43.2 Å². The highest BCUT2D eigenvalue weighted by Gasteiger charge is 2.24. The number of fused-ring (bicyclic) bond motifs is 1. The van der Waals surface area contributed by atoms with Gasteiger partial charge in [0.25, 0.3) is 5.91 Å². The van der Waals surface area contributed by atoms with Gasteiger partial charge in [0.15, 0.2) is 5.69 Å². The first-order valence-corrected chi connectivity index (χ1v) is 9.28. The Balaban J connectivity index is 1.63. The molecule has 3 aromatic rings. The molecule has 0 atom stereocenters. The Hall–Kier alpha value is -2.70. The summed E-state index contributed by atoms with van der Waals surface area (Å²) >= 11 is 0.